The summed E-state index contributed by atoms with van der Waals surface area (Å²) in [5.74, 6) is -0.396. The van der Waals surface area contributed by atoms with Crippen molar-refractivity contribution in [1.82, 2.24) is 10.2 Å². The Morgan fingerprint density at radius 2 is 1.90 bits per heavy atom. The maximum absolute atomic E-state index is 12.5. The van der Waals surface area contributed by atoms with Crippen molar-refractivity contribution >= 4 is 11.9 Å². The Morgan fingerprint density at radius 3 is 2.40 bits per heavy atom. The topological polar surface area (TPSA) is 69.6 Å². The van der Waals surface area contributed by atoms with Gasteiger partial charge in [0.2, 0.25) is 5.91 Å². The minimum Gasteiger partial charge on any atom is -0.480 e. The Morgan fingerprint density at radius 1 is 1.25 bits per heavy atom. The minimum absolute atomic E-state index is 0.00412. The molecular formula is C15H26N2O3. The fourth-order valence-electron chi connectivity index (χ4n) is 3.17. The molecule has 0 bridgehead atoms. The number of hydrogen-bond donors (Lipinski definition) is 2. The molecule has 2 aliphatic carbocycles. The lowest BCUT2D eigenvalue weighted by molar-refractivity contribution is -0.145. The lowest BCUT2D eigenvalue weighted by Crippen LogP contribution is -2.50. The number of carbonyl (C=O) groups excluding carboxylic acids is 1. The van der Waals surface area contributed by atoms with Crippen molar-refractivity contribution in [3.63, 3.8) is 0 Å². The van der Waals surface area contributed by atoms with Crippen LogP contribution in [-0.2, 0) is 9.59 Å². The lowest BCUT2D eigenvalue weighted by Gasteiger charge is -2.38. The molecule has 5 nitrogen and oxygen atoms in total. The smallest absolute Gasteiger partial charge is 0.323 e. The number of nitrogens with one attached hydrogen (secondary N) is 1. The van der Waals surface area contributed by atoms with Crippen LogP contribution in [0.3, 0.4) is 0 Å². The van der Waals surface area contributed by atoms with E-state index in [1.807, 2.05) is 7.05 Å². The van der Waals surface area contributed by atoms with Crippen LogP contribution in [0, 0.1) is 5.92 Å². The number of carbonyl (C=O) groups is 2. The normalized spacial score (nSPS) is 21.4. The van der Waals surface area contributed by atoms with Gasteiger partial charge in [-0.05, 0) is 38.6 Å². The fraction of sp³-hybridized carbons (Fsp3) is 0.867. The van der Waals surface area contributed by atoms with E-state index in [9.17, 15) is 9.59 Å². The summed E-state index contributed by atoms with van der Waals surface area (Å²) in [7, 11) is 1.92. The number of carboxylic acid groups (broad SMARTS) is 1. The van der Waals surface area contributed by atoms with Gasteiger partial charge in [-0.3, -0.25) is 9.59 Å². The first-order valence-corrected chi connectivity index (χ1v) is 7.73. The Bertz CT molecular complexity index is 360. The summed E-state index contributed by atoms with van der Waals surface area (Å²) in [5, 5.41) is 12.3. The van der Waals surface area contributed by atoms with Crippen LogP contribution in [0.15, 0.2) is 0 Å². The number of carboxylic acids is 1. The van der Waals surface area contributed by atoms with Gasteiger partial charge < -0.3 is 15.3 Å². The molecule has 0 spiro atoms. The first-order valence-electron chi connectivity index (χ1n) is 7.73. The maximum atomic E-state index is 12.5. The van der Waals surface area contributed by atoms with Gasteiger partial charge in [0.15, 0.2) is 0 Å². The van der Waals surface area contributed by atoms with Gasteiger partial charge >= 0.3 is 5.97 Å². The predicted molar refractivity (Wildman–Crippen MR) is 76.4 cm³/mol. The average Bonchev–Trinajstić information content (AvgIpc) is 3.22. The van der Waals surface area contributed by atoms with Crippen LogP contribution in [0.4, 0.5) is 0 Å². The monoisotopic (exact) mass is 282 g/mol. The molecule has 114 valence electrons. The molecule has 2 fully saturated rings. The largest absolute Gasteiger partial charge is 0.480 e. The zero-order valence-electron chi connectivity index (χ0n) is 12.4. The quantitative estimate of drug-likeness (QED) is 0.744. The molecule has 0 aliphatic heterocycles. The second-order valence-electron chi connectivity index (χ2n) is 6.38. The molecule has 2 saturated carbocycles. The summed E-state index contributed by atoms with van der Waals surface area (Å²) in [6.45, 7) is 0.458. The number of hydrogen-bond acceptors (Lipinski definition) is 3. The third-order valence-corrected chi connectivity index (χ3v) is 4.68. The van der Waals surface area contributed by atoms with E-state index in [0.29, 0.717) is 18.9 Å². The molecular weight excluding hydrogens is 256 g/mol. The van der Waals surface area contributed by atoms with Gasteiger partial charge in [-0.15, -0.1) is 0 Å². The van der Waals surface area contributed by atoms with Crippen LogP contribution in [0.1, 0.15) is 51.4 Å². The zero-order chi connectivity index (χ0) is 14.6. The molecule has 0 radical (unpaired) electrons. The number of aliphatic carboxylic acids is 1. The Hall–Kier alpha value is -1.10. The van der Waals surface area contributed by atoms with Crippen molar-refractivity contribution in [2.75, 3.05) is 20.1 Å². The van der Waals surface area contributed by atoms with Gasteiger partial charge in [-0.1, -0.05) is 19.3 Å². The molecule has 2 N–H and O–H groups in total. The van der Waals surface area contributed by atoms with Crippen molar-refractivity contribution < 1.29 is 14.7 Å². The van der Waals surface area contributed by atoms with Gasteiger partial charge in [-0.2, -0.15) is 0 Å². The summed E-state index contributed by atoms with van der Waals surface area (Å²) in [5.41, 5.74) is -0.115. The van der Waals surface area contributed by atoms with Crippen LogP contribution in [0.2, 0.25) is 0 Å². The second-order valence-corrected chi connectivity index (χ2v) is 6.38. The third kappa shape index (κ3) is 4.20. The van der Waals surface area contributed by atoms with Crippen molar-refractivity contribution in [1.29, 1.82) is 0 Å². The van der Waals surface area contributed by atoms with E-state index in [1.165, 1.54) is 6.42 Å². The molecule has 0 atom stereocenters. The van der Waals surface area contributed by atoms with E-state index in [1.54, 1.807) is 4.90 Å². The van der Waals surface area contributed by atoms with E-state index in [4.69, 9.17) is 5.11 Å². The Kier molecular flexibility index (Phi) is 5.02. The first-order chi connectivity index (χ1) is 9.54. The van der Waals surface area contributed by atoms with Crippen LogP contribution in [0.5, 0.6) is 0 Å². The molecule has 1 amide bonds. The number of nitrogens with zero attached hydrogens (tertiary/aromatic N) is 1. The Balaban J connectivity index is 1.96. The van der Waals surface area contributed by atoms with E-state index in [-0.39, 0.29) is 18.0 Å². The van der Waals surface area contributed by atoms with Crippen molar-refractivity contribution in [3.05, 3.63) is 0 Å². The maximum Gasteiger partial charge on any atom is 0.323 e. The average molecular weight is 282 g/mol. The zero-order valence-corrected chi connectivity index (χ0v) is 12.4. The van der Waals surface area contributed by atoms with E-state index in [0.717, 1.165) is 38.5 Å². The summed E-state index contributed by atoms with van der Waals surface area (Å²) in [6, 6.07) is 0. The summed E-state index contributed by atoms with van der Waals surface area (Å²) >= 11 is 0. The molecule has 0 aromatic heterocycles. The molecule has 0 aromatic rings. The highest BCUT2D eigenvalue weighted by atomic mass is 16.4. The summed E-state index contributed by atoms with van der Waals surface area (Å²) < 4.78 is 0. The van der Waals surface area contributed by atoms with Gasteiger partial charge in [0.25, 0.3) is 0 Å². The van der Waals surface area contributed by atoms with E-state index >= 15 is 0 Å². The van der Waals surface area contributed by atoms with Crippen LogP contribution >= 0.6 is 0 Å². The van der Waals surface area contributed by atoms with Crippen LogP contribution in [0.25, 0.3) is 0 Å². The molecule has 0 heterocycles. The standard InChI is InChI=1S/C15H26N2O3/c1-16-15(7-3-2-4-8-15)9-13(18)17(11-14(19)20)10-12-5-6-12/h12,16H,2-11H2,1H3,(H,19,20). The van der Waals surface area contributed by atoms with Crippen molar-refractivity contribution in [3.8, 4) is 0 Å². The van der Waals surface area contributed by atoms with Crippen LogP contribution < -0.4 is 5.32 Å². The predicted octanol–water partition coefficient (Wildman–Crippen LogP) is 1.62. The van der Waals surface area contributed by atoms with Crippen LogP contribution in [-0.4, -0.2) is 47.6 Å². The Labute approximate surface area is 120 Å². The molecule has 2 aliphatic rings. The second kappa shape index (κ2) is 6.57. The molecule has 20 heavy (non-hydrogen) atoms. The molecule has 0 saturated heterocycles. The van der Waals surface area contributed by atoms with Gasteiger partial charge in [-0.25, -0.2) is 0 Å². The van der Waals surface area contributed by atoms with Gasteiger partial charge in [0, 0.05) is 18.5 Å². The van der Waals surface area contributed by atoms with E-state index in [2.05, 4.69) is 5.32 Å². The van der Waals surface area contributed by atoms with Gasteiger partial charge in [0.05, 0.1) is 0 Å². The number of amides is 1. The molecule has 2 rings (SSSR count). The highest BCUT2D eigenvalue weighted by Gasteiger charge is 2.36. The minimum atomic E-state index is -0.916. The lowest BCUT2D eigenvalue weighted by atomic mass is 9.79. The summed E-state index contributed by atoms with van der Waals surface area (Å²) in [6.07, 6.45) is 8.24. The SMILES string of the molecule is CNC1(CC(=O)N(CC(=O)O)CC2CC2)CCCCC1. The first kappa shape index (κ1) is 15.3. The molecule has 0 aromatic carbocycles. The number of rotatable bonds is 7. The molecule has 5 heteroatoms. The summed E-state index contributed by atoms with van der Waals surface area (Å²) in [4.78, 5) is 25.0. The van der Waals surface area contributed by atoms with Crippen molar-refractivity contribution in [2.24, 2.45) is 5.92 Å². The van der Waals surface area contributed by atoms with E-state index < -0.39 is 5.97 Å². The van der Waals surface area contributed by atoms with Crippen molar-refractivity contribution in [2.45, 2.75) is 56.9 Å². The molecule has 0 unspecified atom stereocenters. The highest BCUT2D eigenvalue weighted by molar-refractivity contribution is 5.82. The third-order valence-electron chi connectivity index (χ3n) is 4.68. The fourth-order valence-corrected chi connectivity index (χ4v) is 3.17. The highest BCUT2D eigenvalue weighted by Crippen LogP contribution is 2.33. The van der Waals surface area contributed by atoms with Gasteiger partial charge in [0.1, 0.15) is 6.54 Å².